The van der Waals surface area contributed by atoms with Gasteiger partial charge in [0.05, 0.1) is 22.9 Å². The van der Waals surface area contributed by atoms with E-state index in [9.17, 15) is 9.59 Å². The first-order valence-electron chi connectivity index (χ1n) is 16.2. The molecule has 0 bridgehead atoms. The third-order valence-corrected chi connectivity index (χ3v) is 9.12. The molecule has 10 nitrogen and oxygen atoms in total. The van der Waals surface area contributed by atoms with Gasteiger partial charge < -0.3 is 24.6 Å². The van der Waals surface area contributed by atoms with Gasteiger partial charge in [0.15, 0.2) is 0 Å². The number of nitrogens with zero attached hydrogens (tertiary/aromatic N) is 5. The largest absolute Gasteiger partial charge is 0.444 e. The number of aromatic nitrogens is 3. The Morgan fingerprint density at radius 1 is 0.957 bits per heavy atom. The molecule has 238 valence electrons. The van der Waals surface area contributed by atoms with Gasteiger partial charge in [-0.25, -0.2) is 19.7 Å². The van der Waals surface area contributed by atoms with Gasteiger partial charge in [-0.1, -0.05) is 30.7 Å². The number of hydrogen-bond donors (Lipinski definition) is 1. The van der Waals surface area contributed by atoms with Crippen molar-refractivity contribution < 1.29 is 19.1 Å². The molecular formula is C36H40N6O4. The van der Waals surface area contributed by atoms with Crippen molar-refractivity contribution in [1.29, 1.82) is 0 Å². The maximum absolute atomic E-state index is 13.0. The number of aryl methyl sites for hydroxylation is 1. The molecule has 1 saturated carbocycles. The van der Waals surface area contributed by atoms with E-state index >= 15 is 0 Å². The number of fused-ring (bicyclic) bond motifs is 2. The monoisotopic (exact) mass is 620 g/mol. The average molecular weight is 621 g/mol. The first-order chi connectivity index (χ1) is 22.2. The molecule has 2 saturated heterocycles. The van der Waals surface area contributed by atoms with E-state index in [-0.39, 0.29) is 24.0 Å². The molecule has 2 aliphatic heterocycles. The predicted molar refractivity (Wildman–Crippen MR) is 177 cm³/mol. The van der Waals surface area contributed by atoms with Crippen LogP contribution in [0.5, 0.6) is 11.6 Å². The zero-order valence-corrected chi connectivity index (χ0v) is 26.8. The second-order valence-corrected chi connectivity index (χ2v) is 13.5. The molecule has 3 fully saturated rings. The highest BCUT2D eigenvalue weighted by molar-refractivity contribution is 6.10. The van der Waals surface area contributed by atoms with Crippen molar-refractivity contribution in [3.8, 4) is 22.9 Å². The Bertz CT molecular complexity index is 1800. The van der Waals surface area contributed by atoms with Gasteiger partial charge in [-0.05, 0) is 83.2 Å². The average Bonchev–Trinajstić information content (AvgIpc) is 3.46. The highest BCUT2D eigenvalue weighted by atomic mass is 16.6. The standard InChI is InChI=1S/C36H40N6O4/c1-22-15-16-24-25(10-5-13-29(24)42-30-14-6-11-27(30)33(42)43)31(22)45-32-26(12-7-18-37-32)28-17-19-38-34(40-28)39-23-9-8-20-41(21-23)35(44)46-36(2,3)4/h5,7,10,12-13,15-19,23,27,30H,6,8-9,11,14,20-21H2,1-4H3,(H,38,39,40). The van der Waals surface area contributed by atoms with Crippen molar-refractivity contribution in [2.45, 2.75) is 77.5 Å². The van der Waals surface area contributed by atoms with E-state index < -0.39 is 5.60 Å². The molecule has 2 aromatic heterocycles. The van der Waals surface area contributed by atoms with E-state index in [4.69, 9.17) is 14.5 Å². The summed E-state index contributed by atoms with van der Waals surface area (Å²) in [6.45, 7) is 8.81. The minimum absolute atomic E-state index is 0.00790. The van der Waals surface area contributed by atoms with Crippen molar-refractivity contribution in [1.82, 2.24) is 19.9 Å². The van der Waals surface area contributed by atoms with Crippen LogP contribution in [-0.2, 0) is 9.53 Å². The van der Waals surface area contributed by atoms with E-state index in [0.29, 0.717) is 42.4 Å². The minimum atomic E-state index is -0.544. The smallest absolute Gasteiger partial charge is 0.410 e. The van der Waals surface area contributed by atoms with Crippen molar-refractivity contribution in [3.63, 3.8) is 0 Å². The Balaban J connectivity index is 1.14. The molecule has 4 heterocycles. The number of rotatable bonds is 6. The van der Waals surface area contributed by atoms with Crippen LogP contribution >= 0.6 is 0 Å². The lowest BCUT2D eigenvalue weighted by Gasteiger charge is -2.44. The van der Waals surface area contributed by atoms with Crippen LogP contribution in [0.2, 0.25) is 0 Å². The van der Waals surface area contributed by atoms with Gasteiger partial charge in [-0.3, -0.25) is 4.79 Å². The highest BCUT2D eigenvalue weighted by Crippen LogP contribution is 2.46. The lowest BCUT2D eigenvalue weighted by molar-refractivity contribution is -0.128. The Labute approximate surface area is 269 Å². The Kier molecular flexibility index (Phi) is 7.74. The number of piperidine rings is 1. The third-order valence-electron chi connectivity index (χ3n) is 9.12. The lowest BCUT2D eigenvalue weighted by atomic mass is 9.89. The van der Waals surface area contributed by atoms with Crippen LogP contribution in [0, 0.1) is 12.8 Å². The van der Waals surface area contributed by atoms with Crippen LogP contribution in [0.25, 0.3) is 22.0 Å². The maximum atomic E-state index is 13.0. The molecule has 3 atom stereocenters. The third kappa shape index (κ3) is 5.72. The topological polar surface area (TPSA) is 110 Å². The fourth-order valence-corrected chi connectivity index (χ4v) is 6.97. The molecule has 46 heavy (non-hydrogen) atoms. The number of carbonyl (C=O) groups excluding carboxylic acids is 2. The normalized spacial score (nSPS) is 21.1. The number of carbonyl (C=O) groups is 2. The van der Waals surface area contributed by atoms with Gasteiger partial charge >= 0.3 is 6.09 Å². The van der Waals surface area contributed by atoms with Crippen molar-refractivity contribution in [2.75, 3.05) is 23.3 Å². The molecule has 2 amide bonds. The molecule has 4 aromatic rings. The number of anilines is 2. The molecule has 1 N–H and O–H groups in total. The van der Waals surface area contributed by atoms with E-state index in [1.54, 1.807) is 17.3 Å². The maximum Gasteiger partial charge on any atom is 0.410 e. The molecule has 0 spiro atoms. The van der Waals surface area contributed by atoms with Gasteiger partial charge in [0.25, 0.3) is 0 Å². The van der Waals surface area contributed by atoms with Gasteiger partial charge in [0, 0.05) is 48.3 Å². The van der Waals surface area contributed by atoms with Crippen LogP contribution in [0.15, 0.2) is 60.9 Å². The number of benzene rings is 2. The Morgan fingerprint density at radius 2 is 1.83 bits per heavy atom. The van der Waals surface area contributed by atoms with Crippen LogP contribution < -0.4 is 15.0 Å². The second kappa shape index (κ2) is 11.9. The zero-order chi connectivity index (χ0) is 32.0. The lowest BCUT2D eigenvalue weighted by Crippen LogP contribution is -2.58. The van der Waals surface area contributed by atoms with Crippen LogP contribution in [0.4, 0.5) is 16.4 Å². The summed E-state index contributed by atoms with van der Waals surface area (Å²) >= 11 is 0. The molecule has 1 aliphatic carbocycles. The summed E-state index contributed by atoms with van der Waals surface area (Å²) in [6.07, 6.45) is 8.01. The molecule has 3 unspecified atom stereocenters. The number of amides is 2. The highest BCUT2D eigenvalue weighted by Gasteiger charge is 2.50. The zero-order valence-electron chi connectivity index (χ0n) is 26.8. The quantitative estimate of drug-likeness (QED) is 0.227. The van der Waals surface area contributed by atoms with Crippen molar-refractivity contribution >= 4 is 34.4 Å². The van der Waals surface area contributed by atoms with Gasteiger partial charge in [0.1, 0.15) is 11.4 Å². The van der Waals surface area contributed by atoms with Crippen molar-refractivity contribution in [2.24, 2.45) is 5.92 Å². The number of nitrogens with one attached hydrogen (secondary N) is 1. The number of likely N-dealkylation sites (tertiary alicyclic amines) is 1. The number of β-lactam (4-membered cyclic amide) rings is 1. The summed E-state index contributed by atoms with van der Waals surface area (Å²) in [7, 11) is 0. The summed E-state index contributed by atoms with van der Waals surface area (Å²) in [5.74, 6) is 1.99. The molecule has 7 rings (SSSR count). The molecule has 0 radical (unpaired) electrons. The summed E-state index contributed by atoms with van der Waals surface area (Å²) in [5, 5.41) is 5.34. The van der Waals surface area contributed by atoms with Gasteiger partial charge in [-0.15, -0.1) is 0 Å². The van der Waals surface area contributed by atoms with E-state index in [2.05, 4.69) is 21.4 Å². The molecule has 3 aliphatic rings. The number of pyridine rings is 1. The fourth-order valence-electron chi connectivity index (χ4n) is 6.97. The molecule has 10 heteroatoms. The summed E-state index contributed by atoms with van der Waals surface area (Å²) in [5.41, 5.74) is 2.75. The fraction of sp³-hybridized carbons (Fsp3) is 0.417. The summed E-state index contributed by atoms with van der Waals surface area (Å²) in [6, 6.07) is 16.1. The van der Waals surface area contributed by atoms with E-state index in [1.165, 1.54) is 0 Å². The van der Waals surface area contributed by atoms with Gasteiger partial charge in [-0.2, -0.15) is 0 Å². The Hall–Kier alpha value is -4.73. The molecule has 2 aromatic carbocycles. The SMILES string of the molecule is Cc1ccc2c(N3C(=O)C4CCCC43)cccc2c1Oc1ncccc1-c1ccnc(NC2CCCN(C(=O)OC(C)(C)C)C2)n1. The van der Waals surface area contributed by atoms with Crippen LogP contribution in [0.1, 0.15) is 58.4 Å². The summed E-state index contributed by atoms with van der Waals surface area (Å²) < 4.78 is 12.2. The first kappa shape index (κ1) is 30.0. The Morgan fingerprint density at radius 3 is 2.67 bits per heavy atom. The van der Waals surface area contributed by atoms with Crippen molar-refractivity contribution in [3.05, 3.63) is 66.5 Å². The van der Waals surface area contributed by atoms with Gasteiger partial charge in [0.2, 0.25) is 17.7 Å². The predicted octanol–water partition coefficient (Wildman–Crippen LogP) is 7.12. The van der Waals surface area contributed by atoms with Crippen LogP contribution in [-0.4, -0.2) is 62.6 Å². The number of ether oxygens (including phenoxy) is 2. The van der Waals surface area contributed by atoms with E-state index in [0.717, 1.165) is 59.7 Å². The number of hydrogen-bond acceptors (Lipinski definition) is 8. The minimum Gasteiger partial charge on any atom is -0.444 e. The second-order valence-electron chi connectivity index (χ2n) is 13.5. The molecular weight excluding hydrogens is 580 g/mol. The van der Waals surface area contributed by atoms with Crippen LogP contribution in [0.3, 0.4) is 0 Å². The summed E-state index contributed by atoms with van der Waals surface area (Å²) in [4.78, 5) is 43.4. The van der Waals surface area contributed by atoms with E-state index in [1.807, 2.05) is 75.1 Å². The first-order valence-corrected chi connectivity index (χ1v) is 16.2.